The first-order valence-corrected chi connectivity index (χ1v) is 6.78. The SMILES string of the molecule is CCC(C)N(C)C(=O)c1cccc2c1CCCN2.Cl. The average Bonchev–Trinajstić information content (AvgIpc) is 2.44. The first-order valence-electron chi connectivity index (χ1n) is 6.78. The summed E-state index contributed by atoms with van der Waals surface area (Å²) >= 11 is 0. The van der Waals surface area contributed by atoms with Crippen LogP contribution in [0.1, 0.15) is 42.6 Å². The van der Waals surface area contributed by atoms with Crippen molar-refractivity contribution in [3.05, 3.63) is 29.3 Å². The molecule has 1 atom stereocenters. The number of carbonyl (C=O) groups excluding carboxylic acids is 1. The van der Waals surface area contributed by atoms with Crippen molar-refractivity contribution in [2.24, 2.45) is 0 Å². The monoisotopic (exact) mass is 282 g/mol. The Kier molecular flexibility index (Phi) is 5.67. The predicted molar refractivity (Wildman–Crippen MR) is 82.3 cm³/mol. The Hall–Kier alpha value is -1.22. The van der Waals surface area contributed by atoms with Gasteiger partial charge in [0.15, 0.2) is 0 Å². The van der Waals surface area contributed by atoms with Crippen molar-refractivity contribution >= 4 is 24.0 Å². The van der Waals surface area contributed by atoms with Gasteiger partial charge in [-0.2, -0.15) is 0 Å². The minimum absolute atomic E-state index is 0. The number of amides is 1. The van der Waals surface area contributed by atoms with Crippen molar-refractivity contribution in [2.75, 3.05) is 18.9 Å². The smallest absolute Gasteiger partial charge is 0.254 e. The molecule has 0 saturated heterocycles. The Bertz CT molecular complexity index is 448. The van der Waals surface area contributed by atoms with Crippen LogP contribution in [0.4, 0.5) is 5.69 Å². The first kappa shape index (κ1) is 15.8. The molecule has 1 aliphatic rings. The summed E-state index contributed by atoms with van der Waals surface area (Å²) in [7, 11) is 1.89. The molecule has 0 radical (unpaired) electrons. The highest BCUT2D eigenvalue weighted by molar-refractivity contribution is 5.97. The van der Waals surface area contributed by atoms with Gasteiger partial charge in [-0.15, -0.1) is 12.4 Å². The highest BCUT2D eigenvalue weighted by atomic mass is 35.5. The molecule has 1 aliphatic heterocycles. The van der Waals surface area contributed by atoms with Crippen LogP contribution in [0.2, 0.25) is 0 Å². The van der Waals surface area contributed by atoms with E-state index in [1.807, 2.05) is 24.1 Å². The Morgan fingerprint density at radius 1 is 1.47 bits per heavy atom. The predicted octanol–water partition coefficient (Wildman–Crippen LogP) is 3.34. The second-order valence-corrected chi connectivity index (χ2v) is 5.04. The number of fused-ring (bicyclic) bond motifs is 1. The average molecular weight is 283 g/mol. The van der Waals surface area contributed by atoms with Crippen molar-refractivity contribution in [3.63, 3.8) is 0 Å². The number of carbonyl (C=O) groups is 1. The zero-order valence-corrected chi connectivity index (χ0v) is 12.7. The fraction of sp³-hybridized carbons (Fsp3) is 0.533. The van der Waals surface area contributed by atoms with Crippen LogP contribution in [-0.4, -0.2) is 30.4 Å². The second kappa shape index (κ2) is 6.80. The fourth-order valence-corrected chi connectivity index (χ4v) is 2.37. The summed E-state index contributed by atoms with van der Waals surface area (Å²) in [6.07, 6.45) is 3.08. The van der Waals surface area contributed by atoms with Gasteiger partial charge in [0.05, 0.1) is 0 Å². The molecule has 0 spiro atoms. The maximum Gasteiger partial charge on any atom is 0.254 e. The summed E-state index contributed by atoms with van der Waals surface area (Å²) in [5.41, 5.74) is 3.18. The Balaban J connectivity index is 0.00000180. The summed E-state index contributed by atoms with van der Waals surface area (Å²) in [4.78, 5) is 14.4. The first-order chi connectivity index (χ1) is 8.65. The molecule has 1 N–H and O–H groups in total. The van der Waals surface area contributed by atoms with Gasteiger partial charge in [-0.25, -0.2) is 0 Å². The van der Waals surface area contributed by atoms with Gasteiger partial charge < -0.3 is 10.2 Å². The van der Waals surface area contributed by atoms with Gasteiger partial charge in [-0.05, 0) is 43.9 Å². The molecular formula is C15H23ClN2O. The van der Waals surface area contributed by atoms with Crippen molar-refractivity contribution in [1.29, 1.82) is 0 Å². The van der Waals surface area contributed by atoms with Gasteiger partial charge >= 0.3 is 0 Å². The lowest BCUT2D eigenvalue weighted by Gasteiger charge is -2.27. The summed E-state index contributed by atoms with van der Waals surface area (Å²) in [5, 5.41) is 3.37. The van der Waals surface area contributed by atoms with Crippen LogP contribution >= 0.6 is 12.4 Å². The number of benzene rings is 1. The molecule has 0 bridgehead atoms. The van der Waals surface area contributed by atoms with Crippen molar-refractivity contribution in [2.45, 2.75) is 39.2 Å². The molecule has 1 heterocycles. The molecule has 0 aromatic heterocycles. The summed E-state index contributed by atoms with van der Waals surface area (Å²) in [6, 6.07) is 6.26. The molecule has 4 heteroatoms. The number of hydrogen-bond acceptors (Lipinski definition) is 2. The maximum atomic E-state index is 12.5. The Morgan fingerprint density at radius 2 is 2.21 bits per heavy atom. The quantitative estimate of drug-likeness (QED) is 0.922. The van der Waals surface area contributed by atoms with Gasteiger partial charge in [0.25, 0.3) is 5.91 Å². The van der Waals surface area contributed by atoms with E-state index in [2.05, 4.69) is 25.2 Å². The minimum atomic E-state index is 0. The zero-order chi connectivity index (χ0) is 13.1. The van der Waals surface area contributed by atoms with E-state index in [-0.39, 0.29) is 24.4 Å². The van der Waals surface area contributed by atoms with Crippen LogP contribution in [0.15, 0.2) is 18.2 Å². The second-order valence-electron chi connectivity index (χ2n) is 5.04. The van der Waals surface area contributed by atoms with Crippen molar-refractivity contribution < 1.29 is 4.79 Å². The fourth-order valence-electron chi connectivity index (χ4n) is 2.37. The lowest BCUT2D eigenvalue weighted by atomic mass is 9.96. The summed E-state index contributed by atoms with van der Waals surface area (Å²) in [5.74, 6) is 0.143. The number of halogens is 1. The van der Waals surface area contributed by atoms with Crippen LogP contribution in [0.3, 0.4) is 0 Å². The van der Waals surface area contributed by atoms with Crippen LogP contribution in [0.5, 0.6) is 0 Å². The molecule has 2 rings (SSSR count). The van der Waals surface area contributed by atoms with Crippen molar-refractivity contribution in [1.82, 2.24) is 4.90 Å². The third kappa shape index (κ3) is 3.21. The normalized spacial score (nSPS) is 14.7. The van der Waals surface area contributed by atoms with E-state index in [1.54, 1.807) is 0 Å². The zero-order valence-electron chi connectivity index (χ0n) is 11.9. The number of nitrogens with zero attached hydrogens (tertiary/aromatic N) is 1. The lowest BCUT2D eigenvalue weighted by Crippen LogP contribution is -2.35. The van der Waals surface area contributed by atoms with E-state index < -0.39 is 0 Å². The number of rotatable bonds is 3. The third-order valence-corrected chi connectivity index (χ3v) is 3.90. The molecule has 1 amide bonds. The maximum absolute atomic E-state index is 12.5. The third-order valence-electron chi connectivity index (χ3n) is 3.90. The molecule has 106 valence electrons. The van der Waals surface area contributed by atoms with Gasteiger partial charge in [0.2, 0.25) is 0 Å². The largest absolute Gasteiger partial charge is 0.385 e. The molecule has 0 saturated carbocycles. The van der Waals surface area contributed by atoms with E-state index in [4.69, 9.17) is 0 Å². The van der Waals surface area contributed by atoms with E-state index in [0.717, 1.165) is 37.1 Å². The molecule has 19 heavy (non-hydrogen) atoms. The number of hydrogen-bond donors (Lipinski definition) is 1. The van der Waals surface area contributed by atoms with Gasteiger partial charge in [-0.3, -0.25) is 4.79 Å². The lowest BCUT2D eigenvalue weighted by molar-refractivity contribution is 0.0739. The van der Waals surface area contributed by atoms with Crippen LogP contribution in [-0.2, 0) is 6.42 Å². The van der Waals surface area contributed by atoms with E-state index in [1.165, 1.54) is 5.56 Å². The topological polar surface area (TPSA) is 32.3 Å². The highest BCUT2D eigenvalue weighted by Gasteiger charge is 2.21. The number of nitrogens with one attached hydrogen (secondary N) is 1. The highest BCUT2D eigenvalue weighted by Crippen LogP contribution is 2.26. The summed E-state index contributed by atoms with van der Waals surface area (Å²) < 4.78 is 0. The molecule has 1 aromatic carbocycles. The van der Waals surface area contributed by atoms with Gasteiger partial charge in [-0.1, -0.05) is 13.0 Å². The van der Waals surface area contributed by atoms with Crippen LogP contribution in [0.25, 0.3) is 0 Å². The molecule has 3 nitrogen and oxygen atoms in total. The molecular weight excluding hydrogens is 260 g/mol. The van der Waals surface area contributed by atoms with Crippen LogP contribution in [0, 0.1) is 0 Å². The number of anilines is 1. The molecule has 0 fully saturated rings. The van der Waals surface area contributed by atoms with Gasteiger partial charge in [0, 0.05) is 30.9 Å². The van der Waals surface area contributed by atoms with Crippen molar-refractivity contribution in [3.8, 4) is 0 Å². The Morgan fingerprint density at radius 3 is 2.89 bits per heavy atom. The summed E-state index contributed by atoms with van der Waals surface area (Å²) in [6.45, 7) is 5.20. The van der Waals surface area contributed by atoms with E-state index in [9.17, 15) is 4.79 Å². The van der Waals surface area contributed by atoms with E-state index in [0.29, 0.717) is 0 Å². The van der Waals surface area contributed by atoms with Gasteiger partial charge in [0.1, 0.15) is 0 Å². The molecule has 1 aromatic rings. The molecule has 0 aliphatic carbocycles. The molecule has 1 unspecified atom stereocenters. The van der Waals surface area contributed by atoms with E-state index >= 15 is 0 Å². The standard InChI is InChI=1S/C15H22N2O.ClH/c1-4-11(2)17(3)15(18)13-7-5-9-14-12(13)8-6-10-16-14;/h5,7,9,11,16H,4,6,8,10H2,1-3H3;1H. The van der Waals surface area contributed by atoms with Crippen LogP contribution < -0.4 is 5.32 Å². The minimum Gasteiger partial charge on any atom is -0.385 e. The Labute approximate surface area is 121 Å².